The summed E-state index contributed by atoms with van der Waals surface area (Å²) in [4.78, 5) is 54.9. The van der Waals surface area contributed by atoms with Gasteiger partial charge < -0.3 is 20.0 Å². The molecule has 0 bridgehead atoms. The van der Waals surface area contributed by atoms with Crippen molar-refractivity contribution in [3.8, 4) is 22.8 Å². The predicted molar refractivity (Wildman–Crippen MR) is 113 cm³/mol. The number of hydrogen-bond donors (Lipinski definition) is 4. The molecule has 0 aromatic carbocycles. The Morgan fingerprint density at radius 2 is 1.22 bits per heavy atom. The number of carboxylic acids is 2. The normalized spacial score (nSPS) is 11.5. The molecule has 3 aromatic heterocycles. The molecule has 3 rings (SSSR count). The highest BCUT2D eigenvalue weighted by Gasteiger charge is 2.20. The van der Waals surface area contributed by atoms with Gasteiger partial charge in [0, 0.05) is 6.54 Å². The molecular weight excluding hydrogens is 439 g/mol. The Kier molecular flexibility index (Phi) is 7.06. The van der Waals surface area contributed by atoms with Crippen molar-refractivity contribution < 1.29 is 34.2 Å². The van der Waals surface area contributed by atoms with Gasteiger partial charge >= 0.3 is 19.5 Å². The molecule has 0 aliphatic carbocycles. The van der Waals surface area contributed by atoms with Crippen LogP contribution >= 0.6 is 7.60 Å². The fraction of sp³-hybridized carbons (Fsp3) is 0.150. The van der Waals surface area contributed by atoms with Crippen molar-refractivity contribution in [2.75, 3.05) is 13.1 Å². The maximum Gasteiger partial charge on any atom is 0.374 e. The third kappa shape index (κ3) is 6.25. The number of hydrogen-bond acceptors (Lipinski definition) is 7. The average Bonchev–Trinajstić information content (AvgIpc) is 2.72. The lowest BCUT2D eigenvalue weighted by Gasteiger charge is -2.17. The Bertz CT molecular complexity index is 1180. The summed E-state index contributed by atoms with van der Waals surface area (Å²) in [5.74, 6) is -2.30. The van der Waals surface area contributed by atoms with Gasteiger partial charge in [0.15, 0.2) is 5.44 Å². The lowest BCUT2D eigenvalue weighted by Crippen LogP contribution is -2.34. The molecule has 0 unspecified atom stereocenters. The second-order valence-corrected chi connectivity index (χ2v) is 8.33. The Hall–Kier alpha value is -3.50. The fourth-order valence-corrected chi connectivity index (χ4v) is 3.46. The van der Waals surface area contributed by atoms with Gasteiger partial charge in [-0.25, -0.2) is 15.0 Å². The zero-order valence-corrected chi connectivity index (χ0v) is 17.5. The second kappa shape index (κ2) is 9.75. The van der Waals surface area contributed by atoms with Crippen molar-refractivity contribution >= 4 is 25.0 Å². The topological polar surface area (TPSA) is 174 Å². The van der Waals surface area contributed by atoms with Crippen LogP contribution in [0.25, 0.3) is 22.8 Å². The maximum atomic E-state index is 11.5. The van der Waals surface area contributed by atoms with E-state index in [1.165, 1.54) is 17.0 Å². The Balaban J connectivity index is 1.89. The quantitative estimate of drug-likeness (QED) is 0.336. The van der Waals surface area contributed by atoms with Gasteiger partial charge in [-0.05, 0) is 36.4 Å². The van der Waals surface area contributed by atoms with E-state index in [9.17, 15) is 23.9 Å². The van der Waals surface area contributed by atoms with Gasteiger partial charge in [-0.15, -0.1) is 0 Å². The molecular formula is C20H19N4O7P. The highest BCUT2D eigenvalue weighted by atomic mass is 31.2. The van der Waals surface area contributed by atoms with Gasteiger partial charge in [0.2, 0.25) is 0 Å². The van der Waals surface area contributed by atoms with Gasteiger partial charge in [0.1, 0.15) is 0 Å². The zero-order valence-electron chi connectivity index (χ0n) is 16.6. The zero-order chi connectivity index (χ0) is 23.3. The van der Waals surface area contributed by atoms with Gasteiger partial charge in [-0.1, -0.05) is 18.2 Å². The van der Waals surface area contributed by atoms with E-state index in [-0.39, 0.29) is 17.7 Å². The van der Waals surface area contributed by atoms with Crippen LogP contribution in [0.15, 0.2) is 54.6 Å². The van der Waals surface area contributed by atoms with E-state index < -0.39 is 32.6 Å². The van der Waals surface area contributed by atoms with E-state index in [1.54, 1.807) is 42.5 Å². The molecule has 0 fully saturated rings. The molecule has 0 radical (unpaired) electrons. The van der Waals surface area contributed by atoms with Crippen LogP contribution in [-0.4, -0.2) is 64.9 Å². The van der Waals surface area contributed by atoms with Gasteiger partial charge in [0.25, 0.3) is 0 Å². The Morgan fingerprint density at radius 3 is 1.75 bits per heavy atom. The van der Waals surface area contributed by atoms with Crippen molar-refractivity contribution in [1.29, 1.82) is 0 Å². The van der Waals surface area contributed by atoms with E-state index in [1.807, 2.05) is 0 Å². The Labute approximate surface area is 182 Å². The van der Waals surface area contributed by atoms with E-state index >= 15 is 0 Å². The Morgan fingerprint density at radius 1 is 0.750 bits per heavy atom. The molecule has 11 nitrogen and oxygen atoms in total. The second-order valence-electron chi connectivity index (χ2n) is 6.78. The number of aromatic nitrogens is 3. The van der Waals surface area contributed by atoms with Crippen LogP contribution in [0.1, 0.15) is 5.69 Å². The molecule has 3 heterocycles. The van der Waals surface area contributed by atoms with Gasteiger partial charge in [-0.2, -0.15) is 0 Å². The molecule has 12 heteroatoms. The van der Waals surface area contributed by atoms with Crippen LogP contribution in [0, 0.1) is 0 Å². The lowest BCUT2D eigenvalue weighted by molar-refractivity contribution is -0.142. The SMILES string of the molecule is O=C(O)CN(CC(=O)O)Cc1cccc(-c2cccc(-c3cccc(P(=O)(O)O)n3)n2)n1. The number of nitrogens with zero attached hydrogens (tertiary/aromatic N) is 4. The lowest BCUT2D eigenvalue weighted by atomic mass is 10.2. The summed E-state index contributed by atoms with van der Waals surface area (Å²) in [6.07, 6.45) is 0. The fourth-order valence-electron chi connectivity index (χ4n) is 2.94. The first-order valence-corrected chi connectivity index (χ1v) is 10.9. The molecule has 0 saturated heterocycles. The van der Waals surface area contributed by atoms with Crippen LogP contribution in [0.4, 0.5) is 0 Å². The molecule has 32 heavy (non-hydrogen) atoms. The molecule has 0 saturated carbocycles. The molecule has 166 valence electrons. The van der Waals surface area contributed by atoms with Crippen LogP contribution in [0.5, 0.6) is 0 Å². The van der Waals surface area contributed by atoms with Crippen LogP contribution in [0.2, 0.25) is 0 Å². The summed E-state index contributed by atoms with van der Waals surface area (Å²) >= 11 is 0. The number of pyridine rings is 3. The molecule has 0 atom stereocenters. The minimum absolute atomic E-state index is 0.0119. The van der Waals surface area contributed by atoms with E-state index in [2.05, 4.69) is 15.0 Å². The average molecular weight is 458 g/mol. The molecule has 4 N–H and O–H groups in total. The van der Waals surface area contributed by atoms with Crippen molar-refractivity contribution in [2.45, 2.75) is 6.54 Å². The first-order chi connectivity index (χ1) is 15.1. The summed E-state index contributed by atoms with van der Waals surface area (Å²) in [6, 6.07) is 14.3. The maximum absolute atomic E-state index is 11.5. The predicted octanol–water partition coefficient (Wildman–Crippen LogP) is 0.980. The largest absolute Gasteiger partial charge is 0.480 e. The first kappa shape index (κ1) is 23.2. The molecule has 3 aromatic rings. The summed E-state index contributed by atoms with van der Waals surface area (Å²) in [5.41, 5.74) is 1.66. The van der Waals surface area contributed by atoms with Gasteiger partial charge in [-0.3, -0.25) is 19.1 Å². The van der Waals surface area contributed by atoms with E-state index in [4.69, 9.17) is 10.2 Å². The summed E-state index contributed by atoms with van der Waals surface area (Å²) in [7, 11) is -4.52. The number of rotatable bonds is 9. The summed E-state index contributed by atoms with van der Waals surface area (Å²) in [5, 5.41) is 18.0. The van der Waals surface area contributed by atoms with E-state index in [0.29, 0.717) is 22.8 Å². The minimum Gasteiger partial charge on any atom is -0.480 e. The number of aliphatic carboxylic acids is 2. The highest BCUT2D eigenvalue weighted by molar-refractivity contribution is 7.60. The summed E-state index contributed by atoms with van der Waals surface area (Å²) < 4.78 is 11.5. The van der Waals surface area contributed by atoms with E-state index in [0.717, 1.165) is 0 Å². The molecule has 0 aliphatic rings. The van der Waals surface area contributed by atoms with Crippen molar-refractivity contribution in [2.24, 2.45) is 0 Å². The third-order valence-electron chi connectivity index (χ3n) is 4.22. The monoisotopic (exact) mass is 458 g/mol. The minimum atomic E-state index is -4.52. The van der Waals surface area contributed by atoms with Crippen molar-refractivity contribution in [3.05, 3.63) is 60.3 Å². The highest BCUT2D eigenvalue weighted by Crippen LogP contribution is 2.32. The van der Waals surface area contributed by atoms with Gasteiger partial charge in [0.05, 0.1) is 41.6 Å². The smallest absolute Gasteiger partial charge is 0.374 e. The van der Waals surface area contributed by atoms with Crippen LogP contribution in [0.3, 0.4) is 0 Å². The first-order valence-electron chi connectivity index (χ1n) is 9.24. The van der Waals surface area contributed by atoms with Crippen molar-refractivity contribution in [1.82, 2.24) is 19.9 Å². The molecule has 0 spiro atoms. The standard InChI is InChI=1S/C20H19N4O7P/c25-19(26)11-24(12-20(27)28)10-13-4-1-5-14(21-13)15-6-2-7-16(22-15)17-8-3-9-18(23-17)32(29,30)31/h1-9H,10-12H2,(H,25,26)(H,27,28)(H2,29,30,31). The molecule has 0 aliphatic heterocycles. The van der Waals surface area contributed by atoms with Crippen molar-refractivity contribution in [3.63, 3.8) is 0 Å². The number of carboxylic acid groups (broad SMARTS) is 2. The van der Waals surface area contributed by atoms with Crippen LogP contribution in [-0.2, 0) is 20.7 Å². The van der Waals surface area contributed by atoms with Crippen LogP contribution < -0.4 is 5.44 Å². The molecule has 0 amide bonds. The summed E-state index contributed by atoms with van der Waals surface area (Å²) in [6.45, 7) is -0.890. The third-order valence-corrected chi connectivity index (χ3v) is 5.06. The number of carbonyl (C=O) groups is 2.